The maximum absolute atomic E-state index is 10.7. The number of rotatable bonds is 0. The van der Waals surface area contributed by atoms with Crippen LogP contribution in [0.15, 0.2) is 0 Å². The zero-order valence-corrected chi connectivity index (χ0v) is 7.63. The van der Waals surface area contributed by atoms with Crippen molar-refractivity contribution in [1.82, 2.24) is 5.32 Å². The van der Waals surface area contributed by atoms with Crippen molar-refractivity contribution >= 4 is 11.8 Å². The van der Waals surface area contributed by atoms with E-state index in [1.54, 1.807) is 6.92 Å². The first-order valence-corrected chi connectivity index (χ1v) is 4.13. The van der Waals surface area contributed by atoms with Crippen LogP contribution < -0.4 is 5.32 Å². The van der Waals surface area contributed by atoms with Crippen molar-refractivity contribution in [3.8, 4) is 0 Å². The average molecular weight is 173 g/mol. The van der Waals surface area contributed by atoms with Gasteiger partial charge in [-0.2, -0.15) is 0 Å². The summed E-state index contributed by atoms with van der Waals surface area (Å²) in [7, 11) is 0. The SMILES string of the molecule is CC.CC1C(=O)NC(=O)CC1O. The predicted octanol–water partition coefficient (Wildman–Crippen LogP) is 0.0561. The Morgan fingerprint density at radius 1 is 1.42 bits per heavy atom. The number of nitrogens with one attached hydrogen (secondary N) is 1. The molecule has 1 aliphatic heterocycles. The molecule has 2 unspecified atom stereocenters. The summed E-state index contributed by atoms with van der Waals surface area (Å²) in [5.74, 6) is -1.24. The minimum Gasteiger partial charge on any atom is -0.392 e. The summed E-state index contributed by atoms with van der Waals surface area (Å²) in [5, 5.41) is 11.2. The first-order valence-electron chi connectivity index (χ1n) is 4.13. The van der Waals surface area contributed by atoms with Gasteiger partial charge in [0, 0.05) is 0 Å². The topological polar surface area (TPSA) is 66.4 Å². The van der Waals surface area contributed by atoms with Gasteiger partial charge in [-0.05, 0) is 0 Å². The lowest BCUT2D eigenvalue weighted by atomic mass is 9.97. The van der Waals surface area contributed by atoms with E-state index >= 15 is 0 Å². The summed E-state index contributed by atoms with van der Waals surface area (Å²) in [6.07, 6.45) is -0.770. The molecule has 0 radical (unpaired) electrons. The lowest BCUT2D eigenvalue weighted by molar-refractivity contribution is -0.141. The van der Waals surface area contributed by atoms with Crippen molar-refractivity contribution in [3.05, 3.63) is 0 Å². The van der Waals surface area contributed by atoms with Crippen LogP contribution in [0, 0.1) is 5.92 Å². The van der Waals surface area contributed by atoms with Gasteiger partial charge in [0.1, 0.15) is 0 Å². The lowest BCUT2D eigenvalue weighted by Crippen LogP contribution is -2.47. The molecule has 12 heavy (non-hydrogen) atoms. The van der Waals surface area contributed by atoms with Crippen molar-refractivity contribution in [2.75, 3.05) is 0 Å². The van der Waals surface area contributed by atoms with Gasteiger partial charge in [-0.3, -0.25) is 14.9 Å². The van der Waals surface area contributed by atoms with Crippen LogP contribution in [0.25, 0.3) is 0 Å². The number of carbonyl (C=O) groups excluding carboxylic acids is 2. The van der Waals surface area contributed by atoms with Crippen LogP contribution in [-0.2, 0) is 9.59 Å². The molecular weight excluding hydrogens is 158 g/mol. The fourth-order valence-electron chi connectivity index (χ4n) is 0.844. The summed E-state index contributed by atoms with van der Waals surface area (Å²) in [4.78, 5) is 21.3. The quantitative estimate of drug-likeness (QED) is 0.509. The maximum Gasteiger partial charge on any atom is 0.232 e. The minimum absolute atomic E-state index is 0.0346. The Morgan fingerprint density at radius 2 is 1.92 bits per heavy atom. The molecule has 1 heterocycles. The normalized spacial score (nSPS) is 28.7. The highest BCUT2D eigenvalue weighted by Gasteiger charge is 2.30. The Hall–Kier alpha value is -0.900. The molecule has 0 aliphatic carbocycles. The van der Waals surface area contributed by atoms with E-state index in [1.165, 1.54) is 0 Å². The van der Waals surface area contributed by atoms with Crippen LogP contribution in [0.5, 0.6) is 0 Å². The summed E-state index contributed by atoms with van der Waals surface area (Å²) >= 11 is 0. The van der Waals surface area contributed by atoms with Gasteiger partial charge in [0.25, 0.3) is 0 Å². The molecule has 4 nitrogen and oxygen atoms in total. The van der Waals surface area contributed by atoms with Gasteiger partial charge in [-0.15, -0.1) is 0 Å². The number of aliphatic hydroxyl groups excluding tert-OH is 1. The second-order valence-electron chi connectivity index (χ2n) is 2.47. The van der Waals surface area contributed by atoms with Crippen LogP contribution in [0.3, 0.4) is 0 Å². The molecule has 0 spiro atoms. The second kappa shape index (κ2) is 4.87. The molecule has 0 aromatic rings. The number of imide groups is 1. The number of aliphatic hydroxyl groups is 1. The van der Waals surface area contributed by atoms with Crippen LogP contribution >= 0.6 is 0 Å². The fraction of sp³-hybridized carbons (Fsp3) is 0.750. The van der Waals surface area contributed by atoms with Gasteiger partial charge in [0.2, 0.25) is 11.8 Å². The molecule has 1 saturated heterocycles. The van der Waals surface area contributed by atoms with E-state index in [0.29, 0.717) is 0 Å². The third-order valence-electron chi connectivity index (χ3n) is 1.65. The highest BCUT2D eigenvalue weighted by atomic mass is 16.3. The summed E-state index contributed by atoms with van der Waals surface area (Å²) in [6.45, 7) is 5.59. The smallest absolute Gasteiger partial charge is 0.232 e. The number of hydrogen-bond donors (Lipinski definition) is 2. The van der Waals surface area contributed by atoms with Gasteiger partial charge in [0.05, 0.1) is 18.4 Å². The molecule has 0 saturated carbocycles. The van der Waals surface area contributed by atoms with Crippen molar-refractivity contribution in [3.63, 3.8) is 0 Å². The zero-order chi connectivity index (χ0) is 9.72. The lowest BCUT2D eigenvalue weighted by Gasteiger charge is -2.22. The zero-order valence-electron chi connectivity index (χ0n) is 7.63. The molecule has 2 N–H and O–H groups in total. The monoisotopic (exact) mass is 173 g/mol. The van der Waals surface area contributed by atoms with E-state index in [0.717, 1.165) is 0 Å². The number of piperidine rings is 1. The summed E-state index contributed by atoms with van der Waals surface area (Å²) < 4.78 is 0. The second-order valence-corrected chi connectivity index (χ2v) is 2.47. The van der Waals surface area contributed by atoms with Crippen molar-refractivity contribution in [1.29, 1.82) is 0 Å². The van der Waals surface area contributed by atoms with E-state index in [4.69, 9.17) is 5.11 Å². The van der Waals surface area contributed by atoms with E-state index in [1.807, 2.05) is 13.8 Å². The van der Waals surface area contributed by atoms with Crippen LogP contribution in [0.1, 0.15) is 27.2 Å². The Bertz CT molecular complexity index is 179. The standard InChI is InChI=1S/C6H9NO3.C2H6/c1-3-4(8)2-5(9)7-6(3)10;1-2/h3-4,8H,2H2,1H3,(H,7,9,10);1-2H3. The Morgan fingerprint density at radius 3 is 2.33 bits per heavy atom. The fourth-order valence-corrected chi connectivity index (χ4v) is 0.844. The predicted molar refractivity (Wildman–Crippen MR) is 44.3 cm³/mol. The molecular formula is C8H15NO3. The molecule has 2 amide bonds. The number of amides is 2. The van der Waals surface area contributed by atoms with Gasteiger partial charge in [-0.1, -0.05) is 20.8 Å². The third-order valence-corrected chi connectivity index (χ3v) is 1.65. The van der Waals surface area contributed by atoms with E-state index < -0.39 is 17.9 Å². The summed E-state index contributed by atoms with van der Waals surface area (Å²) in [5.41, 5.74) is 0. The minimum atomic E-state index is -0.804. The van der Waals surface area contributed by atoms with Gasteiger partial charge in [0.15, 0.2) is 0 Å². The van der Waals surface area contributed by atoms with Gasteiger partial charge >= 0.3 is 0 Å². The van der Waals surface area contributed by atoms with Crippen molar-refractivity contribution in [2.45, 2.75) is 33.3 Å². The van der Waals surface area contributed by atoms with E-state index in [-0.39, 0.29) is 12.3 Å². The first kappa shape index (κ1) is 11.1. The van der Waals surface area contributed by atoms with Gasteiger partial charge < -0.3 is 5.11 Å². The molecule has 1 rings (SSSR count). The van der Waals surface area contributed by atoms with E-state index in [9.17, 15) is 9.59 Å². The molecule has 1 fully saturated rings. The maximum atomic E-state index is 10.7. The first-order chi connectivity index (χ1) is 5.61. The molecule has 0 bridgehead atoms. The van der Waals surface area contributed by atoms with Crippen LogP contribution in [0.4, 0.5) is 0 Å². The molecule has 0 aromatic carbocycles. The average Bonchev–Trinajstić information content (AvgIpc) is 2.04. The Kier molecular flexibility index (Phi) is 4.51. The molecule has 0 aromatic heterocycles. The third kappa shape index (κ3) is 2.62. The summed E-state index contributed by atoms with van der Waals surface area (Å²) in [6, 6.07) is 0. The van der Waals surface area contributed by atoms with E-state index in [2.05, 4.69) is 5.32 Å². The Labute approximate surface area is 72.0 Å². The molecule has 1 aliphatic rings. The van der Waals surface area contributed by atoms with Crippen LogP contribution in [0.2, 0.25) is 0 Å². The highest BCUT2D eigenvalue weighted by molar-refractivity contribution is 5.99. The highest BCUT2D eigenvalue weighted by Crippen LogP contribution is 2.11. The molecule has 70 valence electrons. The van der Waals surface area contributed by atoms with Gasteiger partial charge in [-0.25, -0.2) is 0 Å². The van der Waals surface area contributed by atoms with Crippen molar-refractivity contribution < 1.29 is 14.7 Å². The molecule has 4 heteroatoms. The number of carbonyl (C=O) groups is 2. The Balaban J connectivity index is 0.000000561. The molecule has 2 atom stereocenters. The number of hydrogen-bond acceptors (Lipinski definition) is 3. The van der Waals surface area contributed by atoms with Crippen molar-refractivity contribution in [2.24, 2.45) is 5.92 Å². The van der Waals surface area contributed by atoms with Crippen LogP contribution in [-0.4, -0.2) is 23.0 Å². The largest absolute Gasteiger partial charge is 0.392 e.